The van der Waals surface area contributed by atoms with E-state index in [2.05, 4.69) is 40.3 Å². The van der Waals surface area contributed by atoms with Crippen LogP contribution in [0.4, 0.5) is 0 Å². The molecule has 0 aliphatic carbocycles. The van der Waals surface area contributed by atoms with E-state index in [1.165, 1.54) is 0 Å². The van der Waals surface area contributed by atoms with Crippen molar-refractivity contribution in [3.63, 3.8) is 0 Å². The van der Waals surface area contributed by atoms with Crippen molar-refractivity contribution >= 4 is 27.7 Å². The maximum absolute atomic E-state index is 12.6. The van der Waals surface area contributed by atoms with Gasteiger partial charge in [-0.1, -0.05) is 54.1 Å². The Bertz CT molecular complexity index is 839. The molecule has 0 aliphatic heterocycles. The van der Waals surface area contributed by atoms with Crippen LogP contribution in [0.2, 0.25) is 0 Å². The minimum absolute atomic E-state index is 0.271. The predicted molar refractivity (Wildman–Crippen MR) is 112 cm³/mol. The van der Waals surface area contributed by atoms with Crippen LogP contribution in [0.15, 0.2) is 59.6 Å². The number of hydrazine groups is 1. The highest BCUT2D eigenvalue weighted by atomic mass is 79.9. The van der Waals surface area contributed by atoms with Gasteiger partial charge in [-0.2, -0.15) is 0 Å². The van der Waals surface area contributed by atoms with Crippen LogP contribution in [0.1, 0.15) is 40.5 Å². The fraction of sp³-hybridized carbons (Fsp3) is 0.238. The molecular weight excluding hydrogens is 424 g/mol. The second-order valence-corrected chi connectivity index (χ2v) is 6.76. The van der Waals surface area contributed by atoms with Crippen molar-refractivity contribution in [3.8, 4) is 11.5 Å². The van der Waals surface area contributed by atoms with Crippen molar-refractivity contribution in [2.45, 2.75) is 19.8 Å². The third kappa shape index (κ3) is 6.13. The van der Waals surface area contributed by atoms with E-state index >= 15 is 0 Å². The normalized spacial score (nSPS) is 10.1. The zero-order valence-corrected chi connectivity index (χ0v) is 17.3. The largest absolute Gasteiger partial charge is 0.493 e. The second-order valence-electron chi connectivity index (χ2n) is 5.85. The number of ether oxygens (including phenoxy) is 2. The molecule has 0 saturated heterocycles. The highest BCUT2D eigenvalue weighted by Crippen LogP contribution is 2.23. The summed E-state index contributed by atoms with van der Waals surface area (Å²) in [7, 11) is 0. The van der Waals surface area contributed by atoms with Gasteiger partial charge in [0, 0.05) is 4.47 Å². The molecule has 2 aromatic carbocycles. The summed E-state index contributed by atoms with van der Waals surface area (Å²) in [6.45, 7) is 6.43. The number of halogens is 1. The van der Waals surface area contributed by atoms with E-state index in [1.54, 1.807) is 48.5 Å². The van der Waals surface area contributed by atoms with Gasteiger partial charge < -0.3 is 9.47 Å². The highest BCUT2D eigenvalue weighted by molar-refractivity contribution is 9.10. The molecule has 2 amide bonds. The molecule has 0 atom stereocenters. The van der Waals surface area contributed by atoms with Crippen molar-refractivity contribution in [3.05, 3.63) is 70.7 Å². The molecule has 0 unspecified atom stereocenters. The minimum Gasteiger partial charge on any atom is -0.493 e. The van der Waals surface area contributed by atoms with Gasteiger partial charge in [0.2, 0.25) is 0 Å². The quantitative estimate of drug-likeness (QED) is 0.342. The molecule has 2 N–H and O–H groups in total. The maximum atomic E-state index is 12.6. The van der Waals surface area contributed by atoms with E-state index in [1.807, 2.05) is 0 Å². The first kappa shape index (κ1) is 21.5. The third-order valence-electron chi connectivity index (χ3n) is 3.72. The van der Waals surface area contributed by atoms with Gasteiger partial charge in [-0.05, 0) is 36.8 Å². The summed E-state index contributed by atoms with van der Waals surface area (Å²) < 4.78 is 11.9. The summed E-state index contributed by atoms with van der Waals surface area (Å²) in [6, 6.07) is 11.9. The number of carbonyl (C=O) groups excluding carboxylic acids is 2. The van der Waals surface area contributed by atoms with Crippen molar-refractivity contribution in [1.29, 1.82) is 0 Å². The smallest absolute Gasteiger partial charge is 0.273 e. The number of nitrogens with one attached hydrogen (secondary N) is 2. The van der Waals surface area contributed by atoms with Gasteiger partial charge in [0.15, 0.2) is 0 Å². The topological polar surface area (TPSA) is 76.7 Å². The molecule has 0 bridgehead atoms. The van der Waals surface area contributed by atoms with E-state index in [0.717, 1.165) is 17.3 Å². The van der Waals surface area contributed by atoms with Crippen LogP contribution in [0.25, 0.3) is 0 Å². The number of rotatable bonds is 9. The van der Waals surface area contributed by atoms with Crippen LogP contribution in [0, 0.1) is 0 Å². The zero-order chi connectivity index (χ0) is 20.4. The summed E-state index contributed by atoms with van der Waals surface area (Å²) in [5, 5.41) is 0. The van der Waals surface area contributed by atoms with E-state index in [4.69, 9.17) is 9.47 Å². The van der Waals surface area contributed by atoms with Crippen molar-refractivity contribution < 1.29 is 19.1 Å². The summed E-state index contributed by atoms with van der Waals surface area (Å²) >= 11 is 3.35. The summed E-state index contributed by atoms with van der Waals surface area (Å²) in [5.41, 5.74) is 5.46. The predicted octanol–water partition coefficient (Wildman–Crippen LogP) is 4.27. The Morgan fingerprint density at radius 1 is 1.04 bits per heavy atom. The van der Waals surface area contributed by atoms with Gasteiger partial charge in [-0.3, -0.25) is 20.4 Å². The SMILES string of the molecule is C=CCOc1ccccc1C(=O)NNC(=O)c1cc(Br)ccc1OCCCC. The van der Waals surface area contributed by atoms with Crippen LogP contribution < -0.4 is 20.3 Å². The Hall–Kier alpha value is -2.80. The standard InChI is InChI=1S/C21H23BrN2O4/c1-3-5-13-28-19-11-10-15(22)14-17(19)21(26)24-23-20(25)16-8-6-7-9-18(16)27-12-4-2/h4,6-11,14H,2-3,5,12-13H2,1H3,(H,23,25)(H,24,26). The molecule has 2 rings (SSSR count). The molecule has 0 fully saturated rings. The van der Waals surface area contributed by atoms with Crippen LogP contribution in [-0.4, -0.2) is 25.0 Å². The van der Waals surface area contributed by atoms with E-state index in [-0.39, 0.29) is 6.61 Å². The van der Waals surface area contributed by atoms with Crippen LogP contribution in [-0.2, 0) is 0 Å². The molecule has 6 nitrogen and oxygen atoms in total. The maximum Gasteiger partial charge on any atom is 0.273 e. The van der Waals surface area contributed by atoms with E-state index < -0.39 is 11.8 Å². The Balaban J connectivity index is 2.07. The molecule has 2 aromatic rings. The summed E-state index contributed by atoms with van der Waals surface area (Å²) in [4.78, 5) is 25.0. The Morgan fingerprint density at radius 3 is 2.43 bits per heavy atom. The molecule has 7 heteroatoms. The molecule has 0 aromatic heterocycles. The Morgan fingerprint density at radius 2 is 1.71 bits per heavy atom. The molecule has 0 spiro atoms. The molecule has 0 saturated carbocycles. The van der Waals surface area contributed by atoms with E-state index in [0.29, 0.717) is 29.2 Å². The molecule has 148 valence electrons. The number of para-hydroxylation sites is 1. The highest BCUT2D eigenvalue weighted by Gasteiger charge is 2.16. The minimum atomic E-state index is -0.489. The Kier molecular flexibility index (Phi) is 8.55. The lowest BCUT2D eigenvalue weighted by Gasteiger charge is -2.14. The van der Waals surface area contributed by atoms with Crippen molar-refractivity contribution in [2.75, 3.05) is 13.2 Å². The lowest BCUT2D eigenvalue weighted by atomic mass is 10.2. The fourth-order valence-corrected chi connectivity index (χ4v) is 2.67. The molecule has 0 radical (unpaired) electrons. The van der Waals surface area contributed by atoms with Crippen molar-refractivity contribution in [2.24, 2.45) is 0 Å². The average molecular weight is 447 g/mol. The van der Waals surface area contributed by atoms with Gasteiger partial charge in [-0.15, -0.1) is 0 Å². The number of carbonyl (C=O) groups is 2. The molecule has 28 heavy (non-hydrogen) atoms. The summed E-state index contributed by atoms with van der Waals surface area (Å²) in [5.74, 6) is -0.111. The number of hydrogen-bond donors (Lipinski definition) is 2. The number of amides is 2. The zero-order valence-electron chi connectivity index (χ0n) is 15.7. The Labute approximate surface area is 173 Å². The van der Waals surface area contributed by atoms with Gasteiger partial charge in [0.1, 0.15) is 18.1 Å². The fourth-order valence-electron chi connectivity index (χ4n) is 2.31. The van der Waals surface area contributed by atoms with Crippen LogP contribution >= 0.6 is 15.9 Å². The van der Waals surface area contributed by atoms with Crippen molar-refractivity contribution in [1.82, 2.24) is 10.9 Å². The van der Waals surface area contributed by atoms with Crippen LogP contribution in [0.3, 0.4) is 0 Å². The van der Waals surface area contributed by atoms with Gasteiger partial charge in [0.05, 0.1) is 17.7 Å². The van der Waals surface area contributed by atoms with Gasteiger partial charge in [-0.25, -0.2) is 0 Å². The third-order valence-corrected chi connectivity index (χ3v) is 4.21. The first-order valence-corrected chi connectivity index (χ1v) is 9.71. The molecule has 0 heterocycles. The molecule has 0 aliphatic rings. The van der Waals surface area contributed by atoms with E-state index in [9.17, 15) is 9.59 Å². The number of unbranched alkanes of at least 4 members (excludes halogenated alkanes) is 1. The lowest BCUT2D eigenvalue weighted by Crippen LogP contribution is -2.41. The van der Waals surface area contributed by atoms with Crippen LogP contribution in [0.5, 0.6) is 11.5 Å². The first-order valence-electron chi connectivity index (χ1n) is 8.92. The van der Waals surface area contributed by atoms with Gasteiger partial charge in [0.25, 0.3) is 11.8 Å². The monoisotopic (exact) mass is 446 g/mol. The number of hydrogen-bond acceptors (Lipinski definition) is 4. The first-order chi connectivity index (χ1) is 13.6. The molecular formula is C21H23BrN2O4. The van der Waals surface area contributed by atoms with Gasteiger partial charge >= 0.3 is 0 Å². The second kappa shape index (κ2) is 11.1. The lowest BCUT2D eigenvalue weighted by molar-refractivity contribution is 0.0842. The average Bonchev–Trinajstić information content (AvgIpc) is 2.71. The summed E-state index contributed by atoms with van der Waals surface area (Å²) in [6.07, 6.45) is 3.46. The number of benzene rings is 2.